The van der Waals surface area contributed by atoms with E-state index in [-0.39, 0.29) is 18.0 Å². The van der Waals surface area contributed by atoms with Crippen molar-refractivity contribution in [3.8, 4) is 11.5 Å². The number of thiophene rings is 1. The van der Waals surface area contributed by atoms with Crippen molar-refractivity contribution < 1.29 is 14.3 Å². The van der Waals surface area contributed by atoms with Gasteiger partial charge in [0.2, 0.25) is 5.91 Å². The molecule has 0 unspecified atom stereocenters. The molecule has 0 spiro atoms. The summed E-state index contributed by atoms with van der Waals surface area (Å²) in [7, 11) is 3.18. The first-order chi connectivity index (χ1) is 15.0. The highest BCUT2D eigenvalue weighted by molar-refractivity contribution is 7.18. The number of rotatable bonds is 7. The number of benzene rings is 1. The summed E-state index contributed by atoms with van der Waals surface area (Å²) in [6.07, 6.45) is 3.56. The van der Waals surface area contributed by atoms with Gasteiger partial charge in [-0.1, -0.05) is 18.2 Å². The normalized spacial score (nSPS) is 15.5. The summed E-state index contributed by atoms with van der Waals surface area (Å²) in [5.74, 6) is 1.66. The van der Waals surface area contributed by atoms with Gasteiger partial charge in [0.05, 0.1) is 19.6 Å². The number of fused-ring (bicyclic) bond motifs is 3. The van der Waals surface area contributed by atoms with E-state index in [1.54, 1.807) is 25.6 Å². The molecule has 1 aromatic carbocycles. The van der Waals surface area contributed by atoms with E-state index in [2.05, 4.69) is 22.6 Å². The second-order valence-corrected chi connectivity index (χ2v) is 8.96. The molecule has 2 aromatic heterocycles. The van der Waals surface area contributed by atoms with Crippen LogP contribution >= 0.6 is 11.3 Å². The molecule has 1 amide bonds. The maximum absolute atomic E-state index is 13.0. The number of nitrogens with one attached hydrogen (secondary N) is 1. The van der Waals surface area contributed by atoms with Crippen molar-refractivity contribution in [1.82, 2.24) is 20.3 Å². The molecule has 2 heterocycles. The highest BCUT2D eigenvalue weighted by Crippen LogP contribution is 2.35. The van der Waals surface area contributed by atoms with Crippen molar-refractivity contribution in [3.63, 3.8) is 0 Å². The van der Waals surface area contributed by atoms with Gasteiger partial charge in [-0.3, -0.25) is 9.59 Å². The standard InChI is InChI=1S/C22H26N4O4S/c1-13-4-6-15-18(10-13)31-21-20(15)22(28)26(25-24-21)12-19(27)23-9-8-14-5-7-16(29-2)17(11-14)30-3/h5,7,11,13H,4,6,8-10,12H2,1-3H3,(H,23,27)/t13-/m0/s1. The van der Waals surface area contributed by atoms with E-state index in [1.165, 1.54) is 9.56 Å². The van der Waals surface area contributed by atoms with E-state index in [0.717, 1.165) is 30.4 Å². The summed E-state index contributed by atoms with van der Waals surface area (Å²) in [5.41, 5.74) is 1.88. The molecule has 0 fully saturated rings. The number of amides is 1. The SMILES string of the molecule is COc1ccc(CCNC(=O)Cn2nnc3sc4c(c3c2=O)CC[C@H](C)C4)cc1OC. The van der Waals surface area contributed by atoms with Crippen LogP contribution in [0.15, 0.2) is 23.0 Å². The molecule has 164 valence electrons. The Morgan fingerprint density at radius 3 is 2.87 bits per heavy atom. The quantitative estimate of drug-likeness (QED) is 0.604. The molecule has 8 nitrogen and oxygen atoms in total. The first-order valence-corrected chi connectivity index (χ1v) is 11.2. The van der Waals surface area contributed by atoms with E-state index in [4.69, 9.17) is 9.47 Å². The summed E-state index contributed by atoms with van der Waals surface area (Å²) in [4.78, 5) is 27.3. The fourth-order valence-electron chi connectivity index (χ4n) is 3.97. The Balaban J connectivity index is 1.41. The Labute approximate surface area is 184 Å². The molecule has 4 rings (SSSR count). The number of ether oxygens (including phenoxy) is 2. The predicted molar refractivity (Wildman–Crippen MR) is 119 cm³/mol. The zero-order valence-electron chi connectivity index (χ0n) is 17.9. The Morgan fingerprint density at radius 1 is 1.29 bits per heavy atom. The number of methoxy groups -OCH3 is 2. The molecule has 0 saturated carbocycles. The van der Waals surface area contributed by atoms with Crippen molar-refractivity contribution in [2.75, 3.05) is 20.8 Å². The molecule has 1 N–H and O–H groups in total. The second kappa shape index (κ2) is 9.05. The minimum Gasteiger partial charge on any atom is -0.493 e. The molecule has 1 aliphatic rings. The van der Waals surface area contributed by atoms with Crippen LogP contribution in [0.25, 0.3) is 10.2 Å². The second-order valence-electron chi connectivity index (χ2n) is 7.87. The fourth-order valence-corrected chi connectivity index (χ4v) is 5.29. The van der Waals surface area contributed by atoms with Crippen molar-refractivity contribution in [2.45, 2.75) is 39.2 Å². The molecule has 1 aliphatic carbocycles. The third-order valence-corrected chi connectivity index (χ3v) is 6.80. The van der Waals surface area contributed by atoms with E-state index in [0.29, 0.717) is 40.6 Å². The van der Waals surface area contributed by atoms with Crippen LogP contribution < -0.4 is 20.3 Å². The van der Waals surface area contributed by atoms with Gasteiger partial charge in [-0.2, -0.15) is 0 Å². The van der Waals surface area contributed by atoms with Crippen LogP contribution in [0.5, 0.6) is 11.5 Å². The number of hydrogen-bond acceptors (Lipinski definition) is 7. The maximum atomic E-state index is 13.0. The Hall–Kier alpha value is -2.94. The number of hydrogen-bond donors (Lipinski definition) is 1. The minimum absolute atomic E-state index is 0.144. The lowest BCUT2D eigenvalue weighted by Crippen LogP contribution is -2.35. The molecule has 9 heteroatoms. The smallest absolute Gasteiger partial charge is 0.279 e. The molecule has 0 bridgehead atoms. The molecule has 1 atom stereocenters. The van der Waals surface area contributed by atoms with Crippen LogP contribution in [-0.4, -0.2) is 41.7 Å². The number of nitrogens with zero attached hydrogens (tertiary/aromatic N) is 3. The minimum atomic E-state index is -0.269. The van der Waals surface area contributed by atoms with Crippen molar-refractivity contribution in [2.24, 2.45) is 5.92 Å². The zero-order valence-corrected chi connectivity index (χ0v) is 18.8. The van der Waals surface area contributed by atoms with Crippen molar-refractivity contribution >= 4 is 27.5 Å². The van der Waals surface area contributed by atoms with Gasteiger partial charge < -0.3 is 14.8 Å². The van der Waals surface area contributed by atoms with Crippen LogP contribution in [0.4, 0.5) is 0 Å². The maximum Gasteiger partial charge on any atom is 0.279 e. The Kier molecular flexibility index (Phi) is 6.22. The Bertz CT molecular complexity index is 1170. The van der Waals surface area contributed by atoms with Crippen LogP contribution in [-0.2, 0) is 30.6 Å². The molecular formula is C22H26N4O4S. The third kappa shape index (κ3) is 4.41. The summed E-state index contributed by atoms with van der Waals surface area (Å²) in [6, 6.07) is 5.65. The van der Waals surface area contributed by atoms with Crippen LogP contribution in [0.3, 0.4) is 0 Å². The lowest BCUT2D eigenvalue weighted by molar-refractivity contribution is -0.121. The number of carbonyl (C=O) groups is 1. The van der Waals surface area contributed by atoms with Gasteiger partial charge in [0.15, 0.2) is 16.3 Å². The summed E-state index contributed by atoms with van der Waals surface area (Å²) >= 11 is 1.56. The molecule has 0 saturated heterocycles. The summed E-state index contributed by atoms with van der Waals surface area (Å²) < 4.78 is 11.7. The molecule has 3 aromatic rings. The number of aryl methyl sites for hydroxylation is 1. The average molecular weight is 443 g/mol. The largest absolute Gasteiger partial charge is 0.493 e. The monoisotopic (exact) mass is 442 g/mol. The van der Waals surface area contributed by atoms with Crippen LogP contribution in [0, 0.1) is 5.92 Å². The van der Waals surface area contributed by atoms with Gasteiger partial charge in [-0.05, 0) is 54.9 Å². The summed E-state index contributed by atoms with van der Waals surface area (Å²) in [6.45, 7) is 2.52. The Morgan fingerprint density at radius 2 is 2.10 bits per heavy atom. The number of aromatic nitrogens is 3. The van der Waals surface area contributed by atoms with Crippen LogP contribution in [0.2, 0.25) is 0 Å². The van der Waals surface area contributed by atoms with Crippen molar-refractivity contribution in [1.29, 1.82) is 0 Å². The van der Waals surface area contributed by atoms with Gasteiger partial charge in [0.25, 0.3) is 5.56 Å². The molecule has 0 radical (unpaired) electrons. The van der Waals surface area contributed by atoms with E-state index in [1.807, 2.05) is 18.2 Å². The lowest BCUT2D eigenvalue weighted by Gasteiger charge is -2.17. The third-order valence-electron chi connectivity index (χ3n) is 5.66. The van der Waals surface area contributed by atoms with Gasteiger partial charge >= 0.3 is 0 Å². The lowest BCUT2D eigenvalue weighted by atomic mass is 9.89. The molecule has 0 aliphatic heterocycles. The highest BCUT2D eigenvalue weighted by Gasteiger charge is 2.24. The van der Waals surface area contributed by atoms with E-state index in [9.17, 15) is 9.59 Å². The zero-order chi connectivity index (χ0) is 22.0. The van der Waals surface area contributed by atoms with Crippen molar-refractivity contribution in [3.05, 3.63) is 44.6 Å². The van der Waals surface area contributed by atoms with Crippen LogP contribution in [0.1, 0.15) is 29.3 Å². The molecule has 31 heavy (non-hydrogen) atoms. The van der Waals surface area contributed by atoms with Gasteiger partial charge in [-0.25, -0.2) is 4.68 Å². The topological polar surface area (TPSA) is 95.3 Å². The average Bonchev–Trinajstić information content (AvgIpc) is 3.13. The first-order valence-electron chi connectivity index (χ1n) is 10.4. The van der Waals surface area contributed by atoms with E-state index < -0.39 is 0 Å². The summed E-state index contributed by atoms with van der Waals surface area (Å²) in [5, 5.41) is 11.7. The van der Waals surface area contributed by atoms with E-state index >= 15 is 0 Å². The molecular weight excluding hydrogens is 416 g/mol. The predicted octanol–water partition coefficient (Wildman–Crippen LogP) is 2.35. The fraction of sp³-hybridized carbons (Fsp3) is 0.455. The van der Waals surface area contributed by atoms with Gasteiger partial charge in [0, 0.05) is 11.4 Å². The first kappa shape index (κ1) is 21.3. The number of carbonyl (C=O) groups excluding carboxylic acids is 1. The highest BCUT2D eigenvalue weighted by atomic mass is 32.1. The van der Waals surface area contributed by atoms with Gasteiger partial charge in [0.1, 0.15) is 6.54 Å². The van der Waals surface area contributed by atoms with Gasteiger partial charge in [-0.15, -0.1) is 16.4 Å².